The molecule has 2 N–H and O–H groups in total. The van der Waals surface area contributed by atoms with Crippen LogP contribution in [0, 0.1) is 5.41 Å². The summed E-state index contributed by atoms with van der Waals surface area (Å²) in [5, 5.41) is 7.83. The van der Waals surface area contributed by atoms with Gasteiger partial charge in [0.05, 0.1) is 6.04 Å². The van der Waals surface area contributed by atoms with Crippen LogP contribution in [0.1, 0.15) is 44.2 Å². The van der Waals surface area contributed by atoms with E-state index >= 15 is 0 Å². The summed E-state index contributed by atoms with van der Waals surface area (Å²) in [4.78, 5) is 28.9. The quantitative estimate of drug-likeness (QED) is 0.670. The molecule has 2 aromatic carbocycles. The topological polar surface area (TPSA) is 61.4 Å². The Morgan fingerprint density at radius 1 is 1.06 bits per heavy atom. The van der Waals surface area contributed by atoms with Crippen LogP contribution in [0.3, 0.4) is 0 Å². The first-order valence-corrected chi connectivity index (χ1v) is 11.5. The lowest BCUT2D eigenvalue weighted by molar-refractivity contribution is -0.131. The molecule has 2 aliphatic rings. The third-order valence-corrected chi connectivity index (χ3v) is 7.05. The Bertz CT molecular complexity index is 1060. The Morgan fingerprint density at radius 2 is 1.69 bits per heavy atom. The van der Waals surface area contributed by atoms with E-state index < -0.39 is 17.4 Å². The Labute approximate surface area is 199 Å². The van der Waals surface area contributed by atoms with Gasteiger partial charge in [-0.25, -0.2) is 0 Å². The molecule has 0 radical (unpaired) electrons. The van der Waals surface area contributed by atoms with Crippen molar-refractivity contribution in [1.29, 1.82) is 0 Å². The zero-order valence-electron chi connectivity index (χ0n) is 19.0. The number of carbonyl (C=O) groups is 2. The predicted molar refractivity (Wildman–Crippen MR) is 129 cm³/mol. The van der Waals surface area contributed by atoms with Gasteiger partial charge in [0.15, 0.2) is 0 Å². The van der Waals surface area contributed by atoms with Gasteiger partial charge in [0.25, 0.3) is 0 Å². The SMILES string of the molecule is CN(C)C(=O)C1NC(CC(C)(C)C)C2(C(=O)Nc3cc(Cl)ccc32)C1c1ccc(Cl)cc1. The summed E-state index contributed by atoms with van der Waals surface area (Å²) in [7, 11) is 3.49. The summed E-state index contributed by atoms with van der Waals surface area (Å²) < 4.78 is 0. The minimum atomic E-state index is -0.961. The second-order valence-electron chi connectivity index (χ2n) is 10.2. The zero-order chi connectivity index (χ0) is 23.4. The van der Waals surface area contributed by atoms with E-state index in [-0.39, 0.29) is 23.3 Å². The van der Waals surface area contributed by atoms with Crippen LogP contribution < -0.4 is 10.6 Å². The maximum absolute atomic E-state index is 13.9. The molecule has 1 saturated heterocycles. The fraction of sp³-hybridized carbons (Fsp3) is 0.440. The second kappa shape index (κ2) is 8.05. The van der Waals surface area contributed by atoms with Gasteiger partial charge in [0.2, 0.25) is 11.8 Å². The Kier molecular flexibility index (Phi) is 5.81. The summed E-state index contributed by atoms with van der Waals surface area (Å²) in [6, 6.07) is 12.2. The lowest BCUT2D eigenvalue weighted by Crippen LogP contribution is -2.49. The van der Waals surface area contributed by atoms with Gasteiger partial charge >= 0.3 is 0 Å². The molecule has 32 heavy (non-hydrogen) atoms. The number of rotatable bonds is 3. The van der Waals surface area contributed by atoms with Gasteiger partial charge < -0.3 is 15.5 Å². The summed E-state index contributed by atoms with van der Waals surface area (Å²) in [6.07, 6.45) is 0.712. The molecule has 2 aromatic rings. The molecule has 0 aliphatic carbocycles. The molecule has 170 valence electrons. The number of amides is 2. The molecular weight excluding hydrogens is 445 g/mol. The first-order valence-electron chi connectivity index (χ1n) is 10.8. The number of hydrogen-bond acceptors (Lipinski definition) is 3. The predicted octanol–water partition coefficient (Wildman–Crippen LogP) is 4.83. The van der Waals surface area contributed by atoms with Crippen LogP contribution in [0.25, 0.3) is 0 Å². The van der Waals surface area contributed by atoms with Crippen molar-refractivity contribution in [2.75, 3.05) is 19.4 Å². The van der Waals surface area contributed by atoms with E-state index in [1.807, 2.05) is 36.4 Å². The van der Waals surface area contributed by atoms with Crippen molar-refractivity contribution in [3.63, 3.8) is 0 Å². The Morgan fingerprint density at radius 3 is 2.28 bits per heavy atom. The fourth-order valence-electron chi connectivity index (χ4n) is 5.36. The normalized spacial score (nSPS) is 26.8. The molecule has 2 aliphatic heterocycles. The largest absolute Gasteiger partial charge is 0.347 e. The molecule has 7 heteroatoms. The summed E-state index contributed by atoms with van der Waals surface area (Å²) in [5.74, 6) is -0.578. The van der Waals surface area contributed by atoms with Gasteiger partial charge in [-0.1, -0.05) is 62.2 Å². The molecule has 0 aromatic heterocycles. The summed E-state index contributed by atoms with van der Waals surface area (Å²) >= 11 is 12.4. The third-order valence-electron chi connectivity index (χ3n) is 6.56. The Balaban J connectivity index is 2.00. The van der Waals surface area contributed by atoms with Crippen molar-refractivity contribution in [1.82, 2.24) is 10.2 Å². The molecule has 1 spiro atoms. The van der Waals surface area contributed by atoms with E-state index in [4.69, 9.17) is 23.2 Å². The van der Waals surface area contributed by atoms with E-state index in [1.165, 1.54) is 0 Å². The van der Waals surface area contributed by atoms with Crippen molar-refractivity contribution in [2.24, 2.45) is 5.41 Å². The van der Waals surface area contributed by atoms with Gasteiger partial charge in [-0.2, -0.15) is 0 Å². The number of benzene rings is 2. The molecule has 2 amide bonds. The Hall–Kier alpha value is -2.08. The van der Waals surface area contributed by atoms with E-state index in [2.05, 4.69) is 31.4 Å². The second-order valence-corrected chi connectivity index (χ2v) is 11.1. The maximum atomic E-state index is 13.9. The summed E-state index contributed by atoms with van der Waals surface area (Å²) in [5.41, 5.74) is 1.46. The maximum Gasteiger partial charge on any atom is 0.239 e. The van der Waals surface area contributed by atoms with Gasteiger partial charge in [-0.05, 0) is 47.2 Å². The molecule has 0 bridgehead atoms. The highest BCUT2D eigenvalue weighted by molar-refractivity contribution is 6.31. The number of anilines is 1. The monoisotopic (exact) mass is 473 g/mol. The average Bonchev–Trinajstić information content (AvgIpc) is 3.16. The van der Waals surface area contributed by atoms with Crippen LogP contribution in [-0.2, 0) is 15.0 Å². The number of nitrogens with one attached hydrogen (secondary N) is 2. The van der Waals surface area contributed by atoms with Crippen molar-refractivity contribution < 1.29 is 9.59 Å². The van der Waals surface area contributed by atoms with Gasteiger partial charge in [0, 0.05) is 41.8 Å². The number of halogens is 2. The van der Waals surface area contributed by atoms with Gasteiger partial charge in [-0.15, -0.1) is 0 Å². The molecule has 4 atom stereocenters. The fourth-order valence-corrected chi connectivity index (χ4v) is 5.66. The molecule has 0 saturated carbocycles. The third kappa shape index (κ3) is 3.70. The highest BCUT2D eigenvalue weighted by Crippen LogP contribution is 2.56. The van der Waals surface area contributed by atoms with Crippen LogP contribution in [0.15, 0.2) is 42.5 Å². The van der Waals surface area contributed by atoms with Crippen molar-refractivity contribution in [3.05, 3.63) is 63.6 Å². The molecule has 1 fully saturated rings. The van der Waals surface area contributed by atoms with Crippen LogP contribution in [0.5, 0.6) is 0 Å². The molecule has 2 heterocycles. The van der Waals surface area contributed by atoms with E-state index in [1.54, 1.807) is 25.1 Å². The van der Waals surface area contributed by atoms with Crippen LogP contribution in [-0.4, -0.2) is 42.9 Å². The standard InChI is InChI=1S/C25H29Cl2N3O2/c1-24(2,3)13-19-25(17-11-10-16(27)12-18(17)28-23(25)32)20(14-6-8-15(26)9-7-14)21(29-19)22(31)30(4)5/h6-12,19-21,29H,13H2,1-5H3,(H,28,32). The number of likely N-dealkylation sites (N-methyl/N-ethyl adjacent to an activating group) is 1. The number of carbonyl (C=O) groups excluding carboxylic acids is 2. The van der Waals surface area contributed by atoms with E-state index in [0.717, 1.165) is 11.1 Å². The molecule has 4 rings (SSSR count). The lowest BCUT2D eigenvalue weighted by Gasteiger charge is -2.37. The number of nitrogens with zero attached hydrogens (tertiary/aromatic N) is 1. The average molecular weight is 474 g/mol. The van der Waals surface area contributed by atoms with Gasteiger partial charge in [0.1, 0.15) is 5.41 Å². The van der Waals surface area contributed by atoms with Crippen LogP contribution in [0.4, 0.5) is 5.69 Å². The minimum absolute atomic E-state index is 0.0593. The lowest BCUT2D eigenvalue weighted by atomic mass is 9.62. The highest BCUT2D eigenvalue weighted by Gasteiger charge is 2.65. The van der Waals surface area contributed by atoms with Gasteiger partial charge in [-0.3, -0.25) is 9.59 Å². The summed E-state index contributed by atoms with van der Waals surface area (Å²) in [6.45, 7) is 6.45. The van der Waals surface area contributed by atoms with E-state index in [0.29, 0.717) is 22.2 Å². The minimum Gasteiger partial charge on any atom is -0.347 e. The number of fused-ring (bicyclic) bond motifs is 2. The molecule has 4 unspecified atom stereocenters. The first kappa shape index (κ1) is 23.1. The smallest absolute Gasteiger partial charge is 0.239 e. The highest BCUT2D eigenvalue weighted by atomic mass is 35.5. The molecule has 5 nitrogen and oxygen atoms in total. The van der Waals surface area contributed by atoms with Crippen molar-refractivity contribution in [3.8, 4) is 0 Å². The van der Waals surface area contributed by atoms with Crippen LogP contribution in [0.2, 0.25) is 10.0 Å². The van der Waals surface area contributed by atoms with Crippen LogP contribution >= 0.6 is 23.2 Å². The zero-order valence-corrected chi connectivity index (χ0v) is 20.5. The van der Waals surface area contributed by atoms with Crippen molar-refractivity contribution in [2.45, 2.75) is 50.6 Å². The molecular formula is C25H29Cl2N3O2. The number of hydrogen-bond donors (Lipinski definition) is 2. The van der Waals surface area contributed by atoms with Crippen molar-refractivity contribution >= 4 is 40.7 Å². The first-order chi connectivity index (χ1) is 14.9. The van der Waals surface area contributed by atoms with E-state index in [9.17, 15) is 9.59 Å².